The molecule has 0 fully saturated rings. The monoisotopic (exact) mass is 515 g/mol. The fourth-order valence-electron chi connectivity index (χ4n) is 3.68. The third kappa shape index (κ3) is 4.91. The van der Waals surface area contributed by atoms with Crippen molar-refractivity contribution >= 4 is 9.84 Å². The third-order valence-electron chi connectivity index (χ3n) is 5.79. The molecule has 0 aliphatic heterocycles. The number of aryl methyl sites for hydroxylation is 2. The maximum Gasteiger partial charge on any atom is 0.189 e. The van der Waals surface area contributed by atoms with Gasteiger partial charge in [0, 0.05) is 19.2 Å². The van der Waals surface area contributed by atoms with Crippen LogP contribution in [0, 0.1) is 12.7 Å². The molecule has 0 radical (unpaired) electrons. The van der Waals surface area contributed by atoms with Gasteiger partial charge in [-0.3, -0.25) is 9.25 Å². The second kappa shape index (κ2) is 10.0. The molecule has 4 rings (SSSR count). The predicted molar refractivity (Wildman–Crippen MR) is 129 cm³/mol. The number of sulfone groups is 1. The first-order valence-corrected chi connectivity index (χ1v) is 12.7. The Morgan fingerprint density at radius 2 is 1.72 bits per heavy atom. The van der Waals surface area contributed by atoms with E-state index in [2.05, 4.69) is 25.3 Å². The normalized spacial score (nSPS) is 12.5. The van der Waals surface area contributed by atoms with Crippen molar-refractivity contribution in [1.82, 2.24) is 34.5 Å². The van der Waals surface area contributed by atoms with E-state index < -0.39 is 26.7 Å². The van der Waals surface area contributed by atoms with Crippen LogP contribution in [-0.4, -0.2) is 62.4 Å². The molecule has 1 aromatic carbocycles. The molecule has 3 aromatic heterocycles. The standard InChI is InChI=1S/C23H26FN7O4S/c1-14-9-17(29-30(14)3)23-28-27-21(31(23)22-18(34-4)7-6-8-19(22)35-5)13-36(32,33)15(2)10-20-25-11-16(24)12-26-20/h6-9,11-12,15H,10,13H2,1-5H3/t15-/m1/s1. The zero-order valence-electron chi connectivity index (χ0n) is 20.5. The van der Waals surface area contributed by atoms with Crippen molar-refractivity contribution in [3.8, 4) is 28.7 Å². The number of rotatable bonds is 9. The van der Waals surface area contributed by atoms with Gasteiger partial charge >= 0.3 is 0 Å². The average Bonchev–Trinajstić information content (AvgIpc) is 3.41. The zero-order valence-corrected chi connectivity index (χ0v) is 21.3. The molecule has 0 N–H and O–H groups in total. The molecule has 3 heterocycles. The first kappa shape index (κ1) is 25.2. The minimum absolute atomic E-state index is 0.0149. The predicted octanol–water partition coefficient (Wildman–Crippen LogP) is 2.47. The number of hydrogen-bond acceptors (Lipinski definition) is 9. The second-order valence-electron chi connectivity index (χ2n) is 8.22. The summed E-state index contributed by atoms with van der Waals surface area (Å²) in [6, 6.07) is 7.06. The van der Waals surface area contributed by atoms with E-state index in [1.807, 2.05) is 13.0 Å². The lowest BCUT2D eigenvalue weighted by Gasteiger charge is -2.18. The fraction of sp³-hybridized carbons (Fsp3) is 0.348. The van der Waals surface area contributed by atoms with Crippen LogP contribution in [0.4, 0.5) is 4.39 Å². The Morgan fingerprint density at radius 3 is 2.28 bits per heavy atom. The van der Waals surface area contributed by atoms with Crippen molar-refractivity contribution in [2.24, 2.45) is 7.05 Å². The van der Waals surface area contributed by atoms with Gasteiger partial charge in [0.15, 0.2) is 27.3 Å². The maximum atomic E-state index is 13.4. The SMILES string of the molecule is COc1cccc(OC)c1-n1c(CS(=O)(=O)[C@H](C)Cc2ncc(F)cn2)nnc1-c1cc(C)n(C)n1. The largest absolute Gasteiger partial charge is 0.494 e. The molecule has 0 spiro atoms. The van der Waals surface area contributed by atoms with Crippen LogP contribution in [-0.2, 0) is 29.1 Å². The van der Waals surface area contributed by atoms with E-state index in [1.54, 1.807) is 41.4 Å². The van der Waals surface area contributed by atoms with Crippen LogP contribution < -0.4 is 9.47 Å². The van der Waals surface area contributed by atoms with Crippen LogP contribution in [0.1, 0.15) is 24.3 Å². The summed E-state index contributed by atoms with van der Waals surface area (Å²) in [5.74, 6) is 0.568. The van der Waals surface area contributed by atoms with E-state index in [-0.39, 0.29) is 18.1 Å². The lowest BCUT2D eigenvalue weighted by atomic mass is 10.2. The summed E-state index contributed by atoms with van der Waals surface area (Å²) in [6.07, 6.45) is 2.03. The van der Waals surface area contributed by atoms with Crippen LogP contribution in [0.3, 0.4) is 0 Å². The molecule has 11 nitrogen and oxygen atoms in total. The van der Waals surface area contributed by atoms with E-state index in [1.165, 1.54) is 14.2 Å². The summed E-state index contributed by atoms with van der Waals surface area (Å²) in [7, 11) is 1.05. The summed E-state index contributed by atoms with van der Waals surface area (Å²) in [4.78, 5) is 7.75. The second-order valence-corrected chi connectivity index (χ2v) is 10.6. The Kier molecular flexibility index (Phi) is 7.02. The number of hydrogen-bond donors (Lipinski definition) is 0. The first-order chi connectivity index (χ1) is 17.1. The molecule has 36 heavy (non-hydrogen) atoms. The molecule has 4 aromatic rings. The van der Waals surface area contributed by atoms with Gasteiger partial charge in [-0.1, -0.05) is 6.07 Å². The van der Waals surface area contributed by atoms with Crippen molar-refractivity contribution < 1.29 is 22.3 Å². The van der Waals surface area contributed by atoms with Crippen LogP contribution >= 0.6 is 0 Å². The molecule has 0 aliphatic carbocycles. The highest BCUT2D eigenvalue weighted by molar-refractivity contribution is 7.91. The van der Waals surface area contributed by atoms with Crippen LogP contribution in [0.25, 0.3) is 17.2 Å². The lowest BCUT2D eigenvalue weighted by Crippen LogP contribution is -2.24. The summed E-state index contributed by atoms with van der Waals surface area (Å²) in [5, 5.41) is 12.2. The van der Waals surface area contributed by atoms with Crippen molar-refractivity contribution in [2.75, 3.05) is 14.2 Å². The lowest BCUT2D eigenvalue weighted by molar-refractivity contribution is 0.390. The molecule has 0 bridgehead atoms. The van der Waals surface area contributed by atoms with Gasteiger partial charge in [-0.15, -0.1) is 10.2 Å². The molecule has 13 heteroatoms. The molecule has 0 saturated heterocycles. The molecule has 1 atom stereocenters. The number of para-hydroxylation sites is 1. The highest BCUT2D eigenvalue weighted by atomic mass is 32.2. The van der Waals surface area contributed by atoms with Gasteiger partial charge in [0.05, 0.1) is 31.9 Å². The molecular formula is C23H26FN7O4S. The first-order valence-electron chi connectivity index (χ1n) is 11.0. The summed E-state index contributed by atoms with van der Waals surface area (Å²) < 4.78 is 54.3. The highest BCUT2D eigenvalue weighted by Gasteiger charge is 2.30. The summed E-state index contributed by atoms with van der Waals surface area (Å²) >= 11 is 0. The van der Waals surface area contributed by atoms with Crippen molar-refractivity contribution in [2.45, 2.75) is 31.3 Å². The van der Waals surface area contributed by atoms with Gasteiger partial charge in [-0.2, -0.15) is 5.10 Å². The topological polar surface area (TPSA) is 127 Å². The molecular weight excluding hydrogens is 489 g/mol. The molecule has 190 valence electrons. The van der Waals surface area contributed by atoms with Crippen molar-refractivity contribution in [1.29, 1.82) is 0 Å². The number of methoxy groups -OCH3 is 2. The highest BCUT2D eigenvalue weighted by Crippen LogP contribution is 2.36. The quantitative estimate of drug-likeness (QED) is 0.330. The number of nitrogens with zero attached hydrogens (tertiary/aromatic N) is 7. The maximum absolute atomic E-state index is 13.4. The minimum Gasteiger partial charge on any atom is -0.494 e. The number of benzene rings is 1. The Bertz CT molecular complexity index is 1440. The van der Waals surface area contributed by atoms with Gasteiger partial charge in [0.2, 0.25) is 0 Å². The van der Waals surface area contributed by atoms with Crippen LogP contribution in [0.5, 0.6) is 11.5 Å². The van der Waals surface area contributed by atoms with E-state index in [9.17, 15) is 12.8 Å². The van der Waals surface area contributed by atoms with E-state index >= 15 is 0 Å². The average molecular weight is 516 g/mol. The molecule has 0 saturated carbocycles. The van der Waals surface area contributed by atoms with Gasteiger partial charge < -0.3 is 9.47 Å². The van der Waals surface area contributed by atoms with Crippen LogP contribution in [0.2, 0.25) is 0 Å². The number of halogens is 1. The van der Waals surface area contributed by atoms with Gasteiger partial charge in [0.1, 0.15) is 34.5 Å². The molecule has 0 amide bonds. The number of ether oxygens (including phenoxy) is 2. The Morgan fingerprint density at radius 1 is 1.08 bits per heavy atom. The van der Waals surface area contributed by atoms with Gasteiger partial charge in [0.25, 0.3) is 0 Å². The van der Waals surface area contributed by atoms with E-state index in [4.69, 9.17) is 9.47 Å². The minimum atomic E-state index is -3.77. The van der Waals surface area contributed by atoms with Crippen molar-refractivity contribution in [3.05, 3.63) is 59.8 Å². The smallest absolute Gasteiger partial charge is 0.189 e. The Labute approximate surface area is 207 Å². The third-order valence-corrected chi connectivity index (χ3v) is 7.84. The van der Waals surface area contributed by atoms with E-state index in [0.717, 1.165) is 18.1 Å². The Hall–Kier alpha value is -3.87. The Balaban J connectivity index is 1.81. The van der Waals surface area contributed by atoms with Crippen LogP contribution in [0.15, 0.2) is 36.7 Å². The fourth-order valence-corrected chi connectivity index (χ4v) is 4.92. The molecule has 0 aliphatic rings. The molecule has 0 unspecified atom stereocenters. The number of aromatic nitrogens is 7. The van der Waals surface area contributed by atoms with Gasteiger partial charge in [-0.05, 0) is 32.0 Å². The van der Waals surface area contributed by atoms with Gasteiger partial charge in [-0.25, -0.2) is 22.8 Å². The summed E-state index contributed by atoms with van der Waals surface area (Å²) in [5.41, 5.74) is 1.84. The summed E-state index contributed by atoms with van der Waals surface area (Å²) in [6.45, 7) is 3.45. The van der Waals surface area contributed by atoms with E-state index in [0.29, 0.717) is 28.7 Å². The zero-order chi connectivity index (χ0) is 26.0. The van der Waals surface area contributed by atoms with Crippen molar-refractivity contribution in [3.63, 3.8) is 0 Å².